The predicted octanol–water partition coefficient (Wildman–Crippen LogP) is 16.8. The third kappa shape index (κ3) is 6.16. The van der Waals surface area contributed by atoms with Crippen molar-refractivity contribution in [3.05, 3.63) is 283 Å². The Morgan fingerprint density at radius 1 is 0.281 bits per heavy atom. The summed E-state index contributed by atoms with van der Waals surface area (Å²) in [7, 11) is 0. The molecule has 0 saturated heterocycles. The fourth-order valence-corrected chi connectivity index (χ4v) is 10.4. The van der Waals surface area contributed by atoms with E-state index in [2.05, 4.69) is 266 Å². The van der Waals surface area contributed by atoms with Crippen LogP contribution in [-0.2, 0) is 5.41 Å². The van der Waals surface area contributed by atoms with Gasteiger partial charge < -0.3 is 4.90 Å². The molecule has 11 aromatic rings. The Morgan fingerprint density at radius 3 is 1.45 bits per heavy atom. The van der Waals surface area contributed by atoms with Gasteiger partial charge in [0.15, 0.2) is 0 Å². The molecule has 0 fully saturated rings. The molecule has 0 atom stereocenters. The van der Waals surface area contributed by atoms with E-state index >= 15 is 0 Å². The summed E-state index contributed by atoms with van der Waals surface area (Å²) in [5.74, 6) is 0. The zero-order valence-electron chi connectivity index (χ0n) is 35.3. The van der Waals surface area contributed by atoms with Crippen LogP contribution in [0.1, 0.15) is 22.3 Å². The highest BCUT2D eigenvalue weighted by Gasteiger charge is 2.47. The van der Waals surface area contributed by atoms with Crippen molar-refractivity contribution in [2.75, 3.05) is 4.90 Å². The van der Waals surface area contributed by atoms with Gasteiger partial charge in [0.2, 0.25) is 0 Å². The molecule has 0 amide bonds. The van der Waals surface area contributed by atoms with Gasteiger partial charge in [-0.25, -0.2) is 0 Å². The van der Waals surface area contributed by atoms with Crippen LogP contribution in [-0.4, -0.2) is 0 Å². The van der Waals surface area contributed by atoms with Gasteiger partial charge in [-0.05, 0) is 125 Å². The van der Waals surface area contributed by atoms with Crippen molar-refractivity contribution in [3.8, 4) is 44.5 Å². The van der Waals surface area contributed by atoms with Gasteiger partial charge in [-0.1, -0.05) is 218 Å². The SMILES string of the molecule is c1ccc(-c2ccc(N(c3ccc(-c4cccc(-c5ccc6c(ccc7ccccc76)c5)c4)cc3)c3cccc4c3-c3ccccc3C4(c3ccccc3)c3ccccc3)cc2)cc1. The lowest BCUT2D eigenvalue weighted by Gasteiger charge is -2.34. The molecule has 0 spiro atoms. The summed E-state index contributed by atoms with van der Waals surface area (Å²) in [6, 6.07) is 95.8. The van der Waals surface area contributed by atoms with Gasteiger partial charge >= 0.3 is 0 Å². The number of benzene rings is 11. The van der Waals surface area contributed by atoms with Crippen molar-refractivity contribution in [1.82, 2.24) is 0 Å². The number of rotatable bonds is 8. The lowest BCUT2D eigenvalue weighted by atomic mass is 9.68. The zero-order valence-corrected chi connectivity index (χ0v) is 35.3. The Labute approximate surface area is 374 Å². The fourth-order valence-electron chi connectivity index (χ4n) is 10.4. The molecule has 64 heavy (non-hydrogen) atoms. The highest BCUT2D eigenvalue weighted by Crippen LogP contribution is 2.59. The Hall–Kier alpha value is -8.26. The second kappa shape index (κ2) is 15.6. The molecule has 0 saturated carbocycles. The predicted molar refractivity (Wildman–Crippen MR) is 270 cm³/mol. The first-order valence-electron chi connectivity index (χ1n) is 22.2. The normalized spacial score (nSPS) is 12.5. The van der Waals surface area contributed by atoms with Crippen LogP contribution in [0.2, 0.25) is 0 Å². The molecule has 1 nitrogen and oxygen atoms in total. The van der Waals surface area contributed by atoms with E-state index in [1.807, 2.05) is 0 Å². The summed E-state index contributed by atoms with van der Waals surface area (Å²) in [6.07, 6.45) is 0. The molecule has 1 aliphatic rings. The van der Waals surface area contributed by atoms with Crippen LogP contribution in [0.3, 0.4) is 0 Å². The molecule has 12 rings (SSSR count). The number of fused-ring (bicyclic) bond motifs is 6. The maximum Gasteiger partial charge on any atom is 0.0714 e. The molecule has 0 heterocycles. The van der Waals surface area contributed by atoms with Crippen LogP contribution in [0.25, 0.3) is 66.1 Å². The van der Waals surface area contributed by atoms with Crippen LogP contribution < -0.4 is 4.90 Å². The Balaban J connectivity index is 0.996. The van der Waals surface area contributed by atoms with Crippen molar-refractivity contribution in [2.24, 2.45) is 0 Å². The average Bonchev–Trinajstić information content (AvgIpc) is 3.69. The van der Waals surface area contributed by atoms with Crippen LogP contribution >= 0.6 is 0 Å². The van der Waals surface area contributed by atoms with Crippen molar-refractivity contribution in [1.29, 1.82) is 0 Å². The Morgan fingerprint density at radius 2 is 0.750 bits per heavy atom. The van der Waals surface area contributed by atoms with E-state index in [1.54, 1.807) is 0 Å². The van der Waals surface area contributed by atoms with Crippen LogP contribution in [0.5, 0.6) is 0 Å². The Bertz CT molecular complexity index is 3420. The molecular formula is C63H43N. The molecule has 0 unspecified atom stereocenters. The molecule has 300 valence electrons. The first kappa shape index (κ1) is 37.5. The Kier molecular flexibility index (Phi) is 9.13. The molecule has 1 heteroatoms. The first-order chi connectivity index (χ1) is 31.7. The summed E-state index contributed by atoms with van der Waals surface area (Å²) in [4.78, 5) is 2.45. The van der Waals surface area contributed by atoms with Gasteiger partial charge in [-0.15, -0.1) is 0 Å². The molecule has 0 aromatic heterocycles. The fraction of sp³-hybridized carbons (Fsp3) is 0.0159. The first-order valence-corrected chi connectivity index (χ1v) is 22.2. The molecule has 11 aromatic carbocycles. The molecule has 0 aliphatic heterocycles. The maximum absolute atomic E-state index is 2.45. The number of nitrogens with zero attached hydrogens (tertiary/aromatic N) is 1. The van der Waals surface area contributed by atoms with E-state index in [0.29, 0.717) is 0 Å². The summed E-state index contributed by atoms with van der Waals surface area (Å²) in [6.45, 7) is 0. The van der Waals surface area contributed by atoms with Gasteiger partial charge in [0.1, 0.15) is 0 Å². The third-order valence-corrected chi connectivity index (χ3v) is 13.3. The highest BCUT2D eigenvalue weighted by atomic mass is 15.1. The number of hydrogen-bond acceptors (Lipinski definition) is 1. The van der Waals surface area contributed by atoms with E-state index in [-0.39, 0.29) is 0 Å². The van der Waals surface area contributed by atoms with Crippen LogP contribution in [0.15, 0.2) is 261 Å². The lowest BCUT2D eigenvalue weighted by molar-refractivity contribution is 0.768. The standard InChI is InChI=1S/C63H43N/c1-4-16-44(17-5-1)45-32-37-54(38-33-45)64(61-29-15-28-60-62(61)58-26-12-13-27-59(58)63(60,52-21-6-2-7-22-52)53-23-8-3-9-24-53)55-39-34-46(35-40-55)48-19-14-20-49(42-48)50-36-41-57-51(43-50)31-30-47-18-10-11-25-56(47)57/h1-43H. The van der Waals surface area contributed by atoms with E-state index in [4.69, 9.17) is 0 Å². The highest BCUT2D eigenvalue weighted by molar-refractivity contribution is 6.08. The van der Waals surface area contributed by atoms with E-state index in [0.717, 1.165) is 17.1 Å². The molecule has 0 N–H and O–H groups in total. The average molecular weight is 814 g/mol. The smallest absolute Gasteiger partial charge is 0.0714 e. The summed E-state index contributed by atoms with van der Waals surface area (Å²) >= 11 is 0. The van der Waals surface area contributed by atoms with Crippen molar-refractivity contribution in [3.63, 3.8) is 0 Å². The second-order valence-corrected chi connectivity index (χ2v) is 16.8. The topological polar surface area (TPSA) is 3.24 Å². The van der Waals surface area contributed by atoms with E-state index in [1.165, 1.54) is 88.3 Å². The van der Waals surface area contributed by atoms with Crippen molar-refractivity contribution in [2.45, 2.75) is 5.41 Å². The second-order valence-electron chi connectivity index (χ2n) is 16.8. The largest absolute Gasteiger partial charge is 0.310 e. The van der Waals surface area contributed by atoms with Crippen molar-refractivity contribution >= 4 is 38.6 Å². The minimum atomic E-state index is -0.499. The lowest BCUT2D eigenvalue weighted by Crippen LogP contribution is -2.28. The summed E-state index contributed by atoms with van der Waals surface area (Å²) in [5.41, 5.74) is 17.6. The number of hydrogen-bond donors (Lipinski definition) is 0. The molecule has 0 radical (unpaired) electrons. The van der Waals surface area contributed by atoms with Gasteiger partial charge in [0.05, 0.1) is 11.1 Å². The quantitative estimate of drug-likeness (QED) is 0.138. The molecule has 1 aliphatic carbocycles. The summed E-state index contributed by atoms with van der Waals surface area (Å²) < 4.78 is 0. The number of anilines is 3. The van der Waals surface area contributed by atoms with Gasteiger partial charge in [0, 0.05) is 16.9 Å². The van der Waals surface area contributed by atoms with E-state index in [9.17, 15) is 0 Å². The van der Waals surface area contributed by atoms with Crippen LogP contribution in [0.4, 0.5) is 17.1 Å². The van der Waals surface area contributed by atoms with Gasteiger partial charge in [0.25, 0.3) is 0 Å². The van der Waals surface area contributed by atoms with Crippen LogP contribution in [0, 0.1) is 0 Å². The minimum Gasteiger partial charge on any atom is -0.310 e. The third-order valence-electron chi connectivity index (χ3n) is 13.3. The summed E-state index contributed by atoms with van der Waals surface area (Å²) in [5, 5.41) is 5.09. The maximum atomic E-state index is 2.45. The molecular weight excluding hydrogens is 771 g/mol. The van der Waals surface area contributed by atoms with E-state index < -0.39 is 5.41 Å². The van der Waals surface area contributed by atoms with Crippen molar-refractivity contribution < 1.29 is 0 Å². The monoisotopic (exact) mass is 813 g/mol. The minimum absolute atomic E-state index is 0.499. The molecule has 0 bridgehead atoms. The van der Waals surface area contributed by atoms with Gasteiger partial charge in [-0.2, -0.15) is 0 Å². The zero-order chi connectivity index (χ0) is 42.5. The van der Waals surface area contributed by atoms with Gasteiger partial charge in [-0.3, -0.25) is 0 Å².